The molecule has 1 saturated heterocycles. The van der Waals surface area contributed by atoms with E-state index in [9.17, 15) is 14.3 Å². The number of fused-ring (bicyclic) bond motifs is 1. The van der Waals surface area contributed by atoms with Gasteiger partial charge in [0, 0.05) is 30.6 Å². The highest BCUT2D eigenvalue weighted by Crippen LogP contribution is 2.36. The molecule has 0 unspecified atom stereocenters. The third-order valence-corrected chi connectivity index (χ3v) is 5.78. The Morgan fingerprint density at radius 1 is 1.12 bits per heavy atom. The topological polar surface area (TPSA) is 105 Å². The maximum absolute atomic E-state index is 14.1. The number of hydrogen-bond donors (Lipinski definition) is 2. The Morgan fingerprint density at radius 2 is 1.97 bits per heavy atom. The Kier molecular flexibility index (Phi) is 4.89. The van der Waals surface area contributed by atoms with Crippen molar-refractivity contribution < 1.29 is 14.3 Å². The Labute approximate surface area is 183 Å². The van der Waals surface area contributed by atoms with Crippen molar-refractivity contribution in [3.05, 3.63) is 77.9 Å². The lowest BCUT2D eigenvalue weighted by Gasteiger charge is -2.21. The van der Waals surface area contributed by atoms with Crippen LogP contribution in [0.15, 0.2) is 60.8 Å². The van der Waals surface area contributed by atoms with E-state index in [0.29, 0.717) is 41.2 Å². The number of halogens is 1. The predicted octanol–water partition coefficient (Wildman–Crippen LogP) is 3.63. The van der Waals surface area contributed by atoms with Gasteiger partial charge >= 0.3 is 0 Å². The van der Waals surface area contributed by atoms with Crippen molar-refractivity contribution >= 4 is 22.6 Å². The van der Waals surface area contributed by atoms with Crippen LogP contribution >= 0.6 is 0 Å². The molecule has 160 valence electrons. The molecule has 3 N–H and O–H groups in total. The molecule has 0 spiro atoms. The molecule has 1 amide bonds. The number of amides is 1. The van der Waals surface area contributed by atoms with Crippen LogP contribution in [0.5, 0.6) is 5.75 Å². The third kappa shape index (κ3) is 3.49. The van der Waals surface area contributed by atoms with Crippen molar-refractivity contribution in [2.45, 2.75) is 12.3 Å². The number of phenols is 1. The number of aromatic nitrogens is 3. The van der Waals surface area contributed by atoms with Crippen LogP contribution in [0.1, 0.15) is 28.4 Å². The van der Waals surface area contributed by atoms with Crippen molar-refractivity contribution in [1.29, 1.82) is 0 Å². The Hall–Kier alpha value is -4.07. The van der Waals surface area contributed by atoms with Gasteiger partial charge in [-0.2, -0.15) is 0 Å². The van der Waals surface area contributed by atoms with E-state index in [0.717, 1.165) is 12.0 Å². The SMILES string of the molecule is NC(=O)c1ncccc1[C@H]1CCN(c2nc(-c3ccccc3O)nc3ccc(F)cc23)C1. The van der Waals surface area contributed by atoms with Gasteiger partial charge in [0.1, 0.15) is 23.1 Å². The van der Waals surface area contributed by atoms with Crippen LogP contribution in [0.3, 0.4) is 0 Å². The lowest BCUT2D eigenvalue weighted by Crippen LogP contribution is -2.23. The standard InChI is InChI=1S/C24H20FN5O2/c25-15-7-8-19-18(12-15)24(29-23(28-19)17-4-1-2-6-20(17)31)30-11-9-14(13-30)16-5-3-10-27-21(16)22(26)32/h1-8,10,12,14,31H,9,11,13H2,(H2,26,32)/t14-/m0/s1. The fourth-order valence-electron chi connectivity index (χ4n) is 4.27. The van der Waals surface area contributed by atoms with Crippen LogP contribution in [0.4, 0.5) is 10.2 Å². The fourth-order valence-corrected chi connectivity index (χ4v) is 4.27. The molecule has 8 heteroatoms. The number of carbonyl (C=O) groups excluding carboxylic acids is 1. The molecule has 0 radical (unpaired) electrons. The zero-order valence-electron chi connectivity index (χ0n) is 17.1. The summed E-state index contributed by atoms with van der Waals surface area (Å²) in [4.78, 5) is 27.3. The van der Waals surface area contributed by atoms with Gasteiger partial charge in [0.05, 0.1) is 11.1 Å². The number of benzene rings is 2. The van der Waals surface area contributed by atoms with Gasteiger partial charge in [0.15, 0.2) is 5.82 Å². The summed E-state index contributed by atoms with van der Waals surface area (Å²) >= 11 is 0. The van der Waals surface area contributed by atoms with Crippen LogP contribution in [0.25, 0.3) is 22.3 Å². The molecule has 0 aliphatic carbocycles. The van der Waals surface area contributed by atoms with E-state index in [1.54, 1.807) is 42.6 Å². The summed E-state index contributed by atoms with van der Waals surface area (Å²) in [6.45, 7) is 1.22. The van der Waals surface area contributed by atoms with Crippen molar-refractivity contribution in [1.82, 2.24) is 15.0 Å². The number of nitrogens with two attached hydrogens (primary N) is 1. The monoisotopic (exact) mass is 429 g/mol. The summed E-state index contributed by atoms with van der Waals surface area (Å²) in [5, 5.41) is 10.9. The van der Waals surface area contributed by atoms with Crippen LogP contribution < -0.4 is 10.6 Å². The van der Waals surface area contributed by atoms with Gasteiger partial charge in [-0.25, -0.2) is 14.4 Å². The molecule has 2 aromatic carbocycles. The van der Waals surface area contributed by atoms with E-state index in [-0.39, 0.29) is 23.2 Å². The first kappa shape index (κ1) is 19.9. The van der Waals surface area contributed by atoms with Crippen molar-refractivity contribution in [3.63, 3.8) is 0 Å². The normalized spacial score (nSPS) is 15.9. The highest BCUT2D eigenvalue weighted by Gasteiger charge is 2.29. The second-order valence-corrected chi connectivity index (χ2v) is 7.79. The number of pyridine rings is 1. The third-order valence-electron chi connectivity index (χ3n) is 5.78. The molecule has 5 rings (SSSR count). The molecular formula is C24H20FN5O2. The molecule has 2 aromatic heterocycles. The molecule has 1 atom stereocenters. The Balaban J connectivity index is 1.59. The molecule has 1 aliphatic heterocycles. The van der Waals surface area contributed by atoms with Gasteiger partial charge in [-0.15, -0.1) is 0 Å². The molecule has 1 fully saturated rings. The minimum absolute atomic E-state index is 0.0263. The Bertz CT molecular complexity index is 1340. The molecule has 3 heterocycles. The smallest absolute Gasteiger partial charge is 0.267 e. The number of phenolic OH excluding ortho intramolecular Hbond substituents is 1. The van der Waals surface area contributed by atoms with Crippen LogP contribution in [0.2, 0.25) is 0 Å². The molecule has 1 aliphatic rings. The van der Waals surface area contributed by atoms with Crippen LogP contribution in [-0.2, 0) is 0 Å². The van der Waals surface area contributed by atoms with Gasteiger partial charge in [0.2, 0.25) is 0 Å². The summed E-state index contributed by atoms with van der Waals surface area (Å²) in [6.07, 6.45) is 2.31. The number of anilines is 1. The van der Waals surface area contributed by atoms with E-state index >= 15 is 0 Å². The van der Waals surface area contributed by atoms with Gasteiger partial charge in [-0.05, 0) is 48.4 Å². The van der Waals surface area contributed by atoms with Gasteiger partial charge in [-0.1, -0.05) is 18.2 Å². The average Bonchev–Trinajstić information content (AvgIpc) is 3.29. The van der Waals surface area contributed by atoms with Crippen LogP contribution in [0, 0.1) is 5.82 Å². The number of para-hydroxylation sites is 1. The first-order valence-electron chi connectivity index (χ1n) is 10.3. The van der Waals surface area contributed by atoms with E-state index < -0.39 is 5.91 Å². The van der Waals surface area contributed by atoms with Crippen LogP contribution in [-0.4, -0.2) is 39.1 Å². The maximum atomic E-state index is 14.1. The Morgan fingerprint density at radius 3 is 2.78 bits per heavy atom. The molecular weight excluding hydrogens is 409 g/mol. The zero-order chi connectivity index (χ0) is 22.2. The van der Waals surface area contributed by atoms with Gasteiger partial charge in [-0.3, -0.25) is 9.78 Å². The van der Waals surface area contributed by atoms with E-state index in [1.165, 1.54) is 12.1 Å². The molecule has 32 heavy (non-hydrogen) atoms. The van der Waals surface area contributed by atoms with E-state index in [4.69, 9.17) is 10.7 Å². The first-order valence-corrected chi connectivity index (χ1v) is 10.3. The number of carbonyl (C=O) groups is 1. The largest absolute Gasteiger partial charge is 0.507 e. The predicted molar refractivity (Wildman–Crippen MR) is 119 cm³/mol. The summed E-state index contributed by atoms with van der Waals surface area (Å²) in [7, 11) is 0. The highest BCUT2D eigenvalue weighted by molar-refractivity contribution is 5.93. The maximum Gasteiger partial charge on any atom is 0.267 e. The molecule has 0 bridgehead atoms. The summed E-state index contributed by atoms with van der Waals surface area (Å²) in [5.74, 6) is 0.103. The number of primary amides is 1. The van der Waals surface area contributed by atoms with Crippen molar-refractivity contribution in [2.24, 2.45) is 5.73 Å². The lowest BCUT2D eigenvalue weighted by molar-refractivity contribution is 0.0994. The number of nitrogens with zero attached hydrogens (tertiary/aromatic N) is 4. The highest BCUT2D eigenvalue weighted by atomic mass is 19.1. The fraction of sp³-hybridized carbons (Fsp3) is 0.167. The minimum atomic E-state index is -0.560. The summed E-state index contributed by atoms with van der Waals surface area (Å²) in [5.41, 5.74) is 7.67. The molecule has 7 nitrogen and oxygen atoms in total. The quantitative estimate of drug-likeness (QED) is 0.513. The molecule has 4 aromatic rings. The zero-order valence-corrected chi connectivity index (χ0v) is 17.1. The van der Waals surface area contributed by atoms with Crippen molar-refractivity contribution in [3.8, 4) is 17.1 Å². The summed E-state index contributed by atoms with van der Waals surface area (Å²) < 4.78 is 14.1. The van der Waals surface area contributed by atoms with Gasteiger partial charge < -0.3 is 15.7 Å². The summed E-state index contributed by atoms with van der Waals surface area (Å²) in [6, 6.07) is 14.9. The second-order valence-electron chi connectivity index (χ2n) is 7.79. The van der Waals surface area contributed by atoms with E-state index in [1.807, 2.05) is 6.07 Å². The minimum Gasteiger partial charge on any atom is -0.507 e. The number of rotatable bonds is 4. The lowest BCUT2D eigenvalue weighted by atomic mass is 9.96. The van der Waals surface area contributed by atoms with Crippen molar-refractivity contribution in [2.75, 3.05) is 18.0 Å². The molecule has 0 saturated carbocycles. The average molecular weight is 429 g/mol. The number of hydrogen-bond acceptors (Lipinski definition) is 6. The first-order chi connectivity index (χ1) is 15.5. The number of aromatic hydroxyl groups is 1. The second kappa shape index (κ2) is 7.88. The van der Waals surface area contributed by atoms with Gasteiger partial charge in [0.25, 0.3) is 5.91 Å². The van der Waals surface area contributed by atoms with E-state index in [2.05, 4.69) is 14.9 Å².